The maximum Gasteiger partial charge on any atom is 0.200 e. The first kappa shape index (κ1) is 19.7. The van der Waals surface area contributed by atoms with E-state index in [1.54, 1.807) is 12.1 Å². The fourth-order valence-corrected chi connectivity index (χ4v) is 2.75. The number of rotatable bonds is 14. The van der Waals surface area contributed by atoms with E-state index in [0.717, 1.165) is 12.8 Å². The second-order valence-corrected chi connectivity index (χ2v) is 6.36. The average Bonchev–Trinajstić information content (AvgIpc) is 2.55. The van der Waals surface area contributed by atoms with Crippen molar-refractivity contribution in [2.45, 2.75) is 84.0 Å². The third-order valence-corrected chi connectivity index (χ3v) is 4.23. The van der Waals surface area contributed by atoms with E-state index in [0.29, 0.717) is 12.4 Å². The number of phenols is 2. The van der Waals surface area contributed by atoms with Crippen LogP contribution in [-0.2, 0) is 0 Å². The van der Waals surface area contributed by atoms with E-state index in [1.165, 1.54) is 70.3 Å². The van der Waals surface area contributed by atoms with Gasteiger partial charge in [0.15, 0.2) is 11.5 Å². The molecule has 0 heterocycles. The van der Waals surface area contributed by atoms with Gasteiger partial charge in [-0.3, -0.25) is 0 Å². The number of phenolic OH excluding ortho intramolecular Hbond substituents is 2. The van der Waals surface area contributed by atoms with Gasteiger partial charge in [0.25, 0.3) is 0 Å². The van der Waals surface area contributed by atoms with Gasteiger partial charge in [-0.15, -0.1) is 0 Å². The lowest BCUT2D eigenvalue weighted by Crippen LogP contribution is -1.97. The van der Waals surface area contributed by atoms with Crippen molar-refractivity contribution in [1.29, 1.82) is 0 Å². The van der Waals surface area contributed by atoms with Crippen molar-refractivity contribution < 1.29 is 14.9 Å². The summed E-state index contributed by atoms with van der Waals surface area (Å²) in [6, 6.07) is 4.80. The van der Waals surface area contributed by atoms with Crippen LogP contribution in [0.3, 0.4) is 0 Å². The molecule has 3 heteroatoms. The summed E-state index contributed by atoms with van der Waals surface area (Å²) in [5.41, 5.74) is 0. The minimum atomic E-state index is -0.161. The van der Waals surface area contributed by atoms with Gasteiger partial charge in [-0.25, -0.2) is 0 Å². The first-order chi connectivity index (χ1) is 11.3. The summed E-state index contributed by atoms with van der Waals surface area (Å²) in [5, 5.41) is 19.0. The Morgan fingerprint density at radius 1 is 0.739 bits per heavy atom. The van der Waals surface area contributed by atoms with Gasteiger partial charge in [0.05, 0.1) is 6.61 Å². The van der Waals surface area contributed by atoms with Gasteiger partial charge in [-0.05, 0) is 18.6 Å². The topological polar surface area (TPSA) is 49.7 Å². The number of ether oxygens (including phenoxy) is 1. The van der Waals surface area contributed by atoms with Gasteiger partial charge in [0.2, 0.25) is 5.75 Å². The van der Waals surface area contributed by atoms with Crippen LogP contribution in [0.5, 0.6) is 17.2 Å². The Hall–Kier alpha value is -1.38. The molecule has 0 radical (unpaired) electrons. The van der Waals surface area contributed by atoms with E-state index in [-0.39, 0.29) is 11.5 Å². The first-order valence-electron chi connectivity index (χ1n) is 9.39. The van der Waals surface area contributed by atoms with Crippen LogP contribution in [0.2, 0.25) is 0 Å². The molecule has 23 heavy (non-hydrogen) atoms. The summed E-state index contributed by atoms with van der Waals surface area (Å²) in [4.78, 5) is 0. The van der Waals surface area contributed by atoms with Crippen LogP contribution >= 0.6 is 0 Å². The number of unbranched alkanes of at least 4 members (excludes halogenated alkanes) is 11. The SMILES string of the molecule is CCCCCCCCCCCCCCOc1cccc(O)c1O. The predicted octanol–water partition coefficient (Wildman–Crippen LogP) is 6.18. The second kappa shape index (κ2) is 13.1. The number of hydrogen-bond donors (Lipinski definition) is 2. The maximum absolute atomic E-state index is 9.61. The average molecular weight is 322 g/mol. The molecule has 0 saturated carbocycles. The van der Waals surface area contributed by atoms with Crippen LogP contribution < -0.4 is 4.74 Å². The number of hydrogen-bond acceptors (Lipinski definition) is 3. The Morgan fingerprint density at radius 2 is 1.26 bits per heavy atom. The maximum atomic E-state index is 9.61. The Labute approximate surface area is 141 Å². The molecule has 0 unspecified atom stereocenters. The predicted molar refractivity (Wildman–Crippen MR) is 96.3 cm³/mol. The highest BCUT2D eigenvalue weighted by molar-refractivity contribution is 5.48. The Balaban J connectivity index is 1.87. The van der Waals surface area contributed by atoms with Crippen molar-refractivity contribution in [3.8, 4) is 17.2 Å². The summed E-state index contributed by atoms with van der Waals surface area (Å²) >= 11 is 0. The van der Waals surface area contributed by atoms with E-state index < -0.39 is 0 Å². The molecule has 3 nitrogen and oxygen atoms in total. The fraction of sp³-hybridized carbons (Fsp3) is 0.700. The molecule has 0 aliphatic carbocycles. The van der Waals surface area contributed by atoms with Crippen LogP contribution in [0.1, 0.15) is 84.0 Å². The molecule has 0 fully saturated rings. The molecule has 0 spiro atoms. The minimum absolute atomic E-state index is 0.128. The Kier molecular flexibility index (Phi) is 11.2. The Bertz CT molecular complexity index is 404. The van der Waals surface area contributed by atoms with Gasteiger partial charge in [0.1, 0.15) is 0 Å². The van der Waals surface area contributed by atoms with E-state index in [2.05, 4.69) is 6.92 Å². The smallest absolute Gasteiger partial charge is 0.200 e. The summed E-state index contributed by atoms with van der Waals surface area (Å²) in [6.45, 7) is 2.85. The van der Waals surface area contributed by atoms with E-state index >= 15 is 0 Å². The summed E-state index contributed by atoms with van der Waals surface area (Å²) in [5.74, 6) is 0.0803. The molecule has 1 aromatic carbocycles. The normalized spacial score (nSPS) is 10.8. The van der Waals surface area contributed by atoms with Crippen molar-refractivity contribution in [3.05, 3.63) is 18.2 Å². The monoisotopic (exact) mass is 322 g/mol. The molecule has 0 bridgehead atoms. The quantitative estimate of drug-likeness (QED) is 0.318. The van der Waals surface area contributed by atoms with Crippen LogP contribution in [-0.4, -0.2) is 16.8 Å². The van der Waals surface area contributed by atoms with Crippen LogP contribution in [0.4, 0.5) is 0 Å². The minimum Gasteiger partial charge on any atom is -0.504 e. The molecule has 0 saturated heterocycles. The lowest BCUT2D eigenvalue weighted by Gasteiger charge is -2.08. The molecular formula is C20H34O3. The summed E-state index contributed by atoms with van der Waals surface area (Å²) in [7, 11) is 0. The molecule has 0 atom stereocenters. The molecule has 0 aliphatic rings. The number of benzene rings is 1. The molecular weight excluding hydrogens is 288 g/mol. The fourth-order valence-electron chi connectivity index (χ4n) is 2.75. The third kappa shape index (κ3) is 9.37. The number of aromatic hydroxyl groups is 2. The highest BCUT2D eigenvalue weighted by Crippen LogP contribution is 2.34. The second-order valence-electron chi connectivity index (χ2n) is 6.36. The summed E-state index contributed by atoms with van der Waals surface area (Å²) < 4.78 is 5.50. The van der Waals surface area contributed by atoms with E-state index in [4.69, 9.17) is 4.74 Å². The van der Waals surface area contributed by atoms with Gasteiger partial charge < -0.3 is 14.9 Å². The summed E-state index contributed by atoms with van der Waals surface area (Å²) in [6.07, 6.45) is 15.8. The molecule has 0 aromatic heterocycles. The van der Waals surface area contributed by atoms with Crippen LogP contribution in [0.25, 0.3) is 0 Å². The standard InChI is InChI=1S/C20H34O3/c1-2-3-4-5-6-7-8-9-10-11-12-13-17-23-19-16-14-15-18(21)20(19)22/h14-16,21-22H,2-13,17H2,1H3. The zero-order valence-electron chi connectivity index (χ0n) is 14.7. The van der Waals surface area contributed by atoms with Crippen LogP contribution in [0, 0.1) is 0 Å². The van der Waals surface area contributed by atoms with E-state index in [9.17, 15) is 10.2 Å². The van der Waals surface area contributed by atoms with Crippen molar-refractivity contribution in [3.63, 3.8) is 0 Å². The van der Waals surface area contributed by atoms with Gasteiger partial charge in [0, 0.05) is 0 Å². The zero-order chi connectivity index (χ0) is 16.8. The van der Waals surface area contributed by atoms with Crippen molar-refractivity contribution in [2.24, 2.45) is 0 Å². The lowest BCUT2D eigenvalue weighted by molar-refractivity contribution is 0.283. The van der Waals surface area contributed by atoms with Gasteiger partial charge in [-0.2, -0.15) is 0 Å². The van der Waals surface area contributed by atoms with Gasteiger partial charge in [-0.1, -0.05) is 83.6 Å². The molecule has 132 valence electrons. The highest BCUT2D eigenvalue weighted by atomic mass is 16.5. The molecule has 0 amide bonds. The number of para-hydroxylation sites is 1. The van der Waals surface area contributed by atoms with Gasteiger partial charge >= 0.3 is 0 Å². The largest absolute Gasteiger partial charge is 0.504 e. The highest BCUT2D eigenvalue weighted by Gasteiger charge is 2.06. The molecule has 1 aromatic rings. The van der Waals surface area contributed by atoms with Crippen LogP contribution in [0.15, 0.2) is 18.2 Å². The lowest BCUT2D eigenvalue weighted by atomic mass is 10.1. The third-order valence-electron chi connectivity index (χ3n) is 4.23. The zero-order valence-corrected chi connectivity index (χ0v) is 14.7. The molecule has 0 aliphatic heterocycles. The van der Waals surface area contributed by atoms with Crippen molar-refractivity contribution in [2.75, 3.05) is 6.61 Å². The Morgan fingerprint density at radius 3 is 1.83 bits per heavy atom. The van der Waals surface area contributed by atoms with Crippen molar-refractivity contribution in [1.82, 2.24) is 0 Å². The first-order valence-corrected chi connectivity index (χ1v) is 9.39. The van der Waals surface area contributed by atoms with Crippen molar-refractivity contribution >= 4 is 0 Å². The van der Waals surface area contributed by atoms with E-state index in [1.807, 2.05) is 0 Å². The molecule has 1 rings (SSSR count). The molecule has 2 N–H and O–H groups in total.